The normalized spacial score (nSPS) is 21.9. The molecule has 114 valence electrons. The summed E-state index contributed by atoms with van der Waals surface area (Å²) in [7, 11) is 0. The van der Waals surface area contributed by atoms with Crippen LogP contribution in [0.5, 0.6) is 5.75 Å². The third-order valence-electron chi connectivity index (χ3n) is 3.55. The molecule has 1 fully saturated rings. The highest BCUT2D eigenvalue weighted by molar-refractivity contribution is 14.1. The molecule has 7 heteroatoms. The van der Waals surface area contributed by atoms with Crippen molar-refractivity contribution in [2.24, 2.45) is 11.8 Å². The van der Waals surface area contributed by atoms with Crippen molar-refractivity contribution in [3.63, 3.8) is 0 Å². The summed E-state index contributed by atoms with van der Waals surface area (Å²) in [6.45, 7) is 0. The predicted molar refractivity (Wildman–Crippen MR) is 103 cm³/mol. The monoisotopic (exact) mass is 626 g/mol. The molecule has 21 heavy (non-hydrogen) atoms. The van der Waals surface area contributed by atoms with Gasteiger partial charge in [0.1, 0.15) is 0 Å². The highest BCUT2D eigenvalue weighted by Crippen LogP contribution is 2.34. The molecule has 0 aromatic heterocycles. The van der Waals surface area contributed by atoms with E-state index in [1.165, 1.54) is 0 Å². The molecule has 0 saturated heterocycles. The Kier molecular flexibility index (Phi) is 6.53. The molecule has 0 amide bonds. The SMILES string of the molecule is O=C(O)C1CCCCC1C(=O)Oc1c(I)cc(I)cc1I. The number of halogens is 3. The van der Waals surface area contributed by atoms with Gasteiger partial charge in [-0.1, -0.05) is 12.8 Å². The van der Waals surface area contributed by atoms with Crippen LogP contribution in [0, 0.1) is 22.5 Å². The number of carbonyl (C=O) groups excluding carboxylic acids is 1. The lowest BCUT2D eigenvalue weighted by Crippen LogP contribution is -2.35. The highest BCUT2D eigenvalue weighted by atomic mass is 127. The molecule has 0 spiro atoms. The summed E-state index contributed by atoms with van der Waals surface area (Å²) in [5.41, 5.74) is 0. The van der Waals surface area contributed by atoms with Gasteiger partial charge in [0.25, 0.3) is 0 Å². The van der Waals surface area contributed by atoms with Crippen LogP contribution in [0.25, 0.3) is 0 Å². The minimum Gasteiger partial charge on any atom is -0.481 e. The maximum Gasteiger partial charge on any atom is 0.315 e. The first-order valence-corrected chi connectivity index (χ1v) is 9.73. The lowest BCUT2D eigenvalue weighted by molar-refractivity contribution is -0.154. The van der Waals surface area contributed by atoms with Crippen molar-refractivity contribution in [1.29, 1.82) is 0 Å². The molecule has 0 radical (unpaired) electrons. The molecule has 1 aromatic carbocycles. The van der Waals surface area contributed by atoms with E-state index in [2.05, 4.69) is 67.8 Å². The minimum atomic E-state index is -0.899. The average molecular weight is 626 g/mol. The van der Waals surface area contributed by atoms with E-state index in [0.717, 1.165) is 23.6 Å². The molecule has 2 rings (SSSR count). The fraction of sp³-hybridized carbons (Fsp3) is 0.429. The van der Waals surface area contributed by atoms with Crippen LogP contribution < -0.4 is 4.74 Å². The van der Waals surface area contributed by atoms with Gasteiger partial charge in [0.2, 0.25) is 0 Å². The van der Waals surface area contributed by atoms with E-state index in [4.69, 9.17) is 4.74 Å². The largest absolute Gasteiger partial charge is 0.481 e. The van der Waals surface area contributed by atoms with Gasteiger partial charge in [-0.25, -0.2) is 0 Å². The molecule has 1 N–H and O–H groups in total. The first-order chi connectivity index (χ1) is 9.90. The molecule has 2 unspecified atom stereocenters. The van der Waals surface area contributed by atoms with Crippen LogP contribution in [0.2, 0.25) is 0 Å². The standard InChI is InChI=1S/C14H13I3O4/c15-7-5-10(16)12(11(17)6-7)21-14(20)9-4-2-1-3-8(9)13(18)19/h5-6,8-9H,1-4H2,(H,18,19). The zero-order valence-electron chi connectivity index (χ0n) is 10.9. The first-order valence-electron chi connectivity index (χ1n) is 6.49. The molecule has 0 aliphatic heterocycles. The Morgan fingerprint density at radius 2 is 1.57 bits per heavy atom. The lowest BCUT2D eigenvalue weighted by Gasteiger charge is -2.26. The first kappa shape index (κ1) is 17.7. The van der Waals surface area contributed by atoms with Crippen LogP contribution in [0.1, 0.15) is 25.7 Å². The van der Waals surface area contributed by atoms with E-state index in [1.54, 1.807) is 0 Å². The van der Waals surface area contributed by atoms with E-state index in [9.17, 15) is 14.7 Å². The number of rotatable bonds is 3. The molecule has 1 aliphatic carbocycles. The molecule has 1 aliphatic rings. The number of aliphatic carboxylic acids is 1. The van der Waals surface area contributed by atoms with Crippen molar-refractivity contribution in [2.75, 3.05) is 0 Å². The van der Waals surface area contributed by atoms with Crippen LogP contribution in [-0.2, 0) is 9.59 Å². The number of carboxylic acid groups (broad SMARTS) is 1. The van der Waals surface area contributed by atoms with E-state index in [1.807, 2.05) is 12.1 Å². The van der Waals surface area contributed by atoms with Crippen LogP contribution in [0.3, 0.4) is 0 Å². The maximum atomic E-state index is 12.4. The van der Waals surface area contributed by atoms with Gasteiger partial charge in [0.15, 0.2) is 5.75 Å². The quantitative estimate of drug-likeness (QED) is 0.309. The van der Waals surface area contributed by atoms with E-state index >= 15 is 0 Å². The zero-order valence-corrected chi connectivity index (χ0v) is 17.4. The van der Waals surface area contributed by atoms with Gasteiger partial charge >= 0.3 is 11.9 Å². The van der Waals surface area contributed by atoms with Gasteiger partial charge in [-0.2, -0.15) is 0 Å². The van der Waals surface area contributed by atoms with Crippen molar-refractivity contribution in [2.45, 2.75) is 25.7 Å². The van der Waals surface area contributed by atoms with Crippen LogP contribution in [-0.4, -0.2) is 17.0 Å². The summed E-state index contributed by atoms with van der Waals surface area (Å²) in [6, 6.07) is 3.86. The Morgan fingerprint density at radius 3 is 2.10 bits per heavy atom. The van der Waals surface area contributed by atoms with E-state index in [-0.39, 0.29) is 0 Å². The average Bonchev–Trinajstić information content (AvgIpc) is 2.42. The lowest BCUT2D eigenvalue weighted by atomic mass is 9.79. The third kappa shape index (κ3) is 4.43. The molecule has 2 atom stereocenters. The number of carbonyl (C=O) groups is 2. The zero-order chi connectivity index (χ0) is 15.6. The van der Waals surface area contributed by atoms with Gasteiger partial charge in [-0.3, -0.25) is 9.59 Å². The second-order valence-corrected chi connectivity index (χ2v) is 8.53. The molecular weight excluding hydrogens is 613 g/mol. The van der Waals surface area contributed by atoms with Crippen LogP contribution in [0.15, 0.2) is 12.1 Å². The predicted octanol–water partition coefficient (Wildman–Crippen LogP) is 4.30. The van der Waals surface area contributed by atoms with Crippen molar-refractivity contribution in [3.05, 3.63) is 22.8 Å². The topological polar surface area (TPSA) is 63.6 Å². The van der Waals surface area contributed by atoms with Gasteiger partial charge in [-0.15, -0.1) is 0 Å². The van der Waals surface area contributed by atoms with Crippen LogP contribution >= 0.6 is 67.8 Å². The van der Waals surface area contributed by atoms with Crippen molar-refractivity contribution in [3.8, 4) is 5.75 Å². The summed E-state index contributed by atoms with van der Waals surface area (Å²) in [5, 5.41) is 9.26. The molecule has 1 saturated carbocycles. The molecule has 0 heterocycles. The second-order valence-electron chi connectivity index (χ2n) is 4.96. The smallest absolute Gasteiger partial charge is 0.315 e. The Bertz CT molecular complexity index is 550. The van der Waals surface area contributed by atoms with E-state index < -0.39 is 23.8 Å². The fourth-order valence-corrected chi connectivity index (χ4v) is 6.31. The fourth-order valence-electron chi connectivity index (χ4n) is 2.51. The minimum absolute atomic E-state index is 0.417. The van der Waals surface area contributed by atoms with Crippen molar-refractivity contribution < 1.29 is 19.4 Å². The van der Waals surface area contributed by atoms with Crippen molar-refractivity contribution in [1.82, 2.24) is 0 Å². The van der Waals surface area contributed by atoms with Crippen LogP contribution in [0.4, 0.5) is 0 Å². The second kappa shape index (κ2) is 7.75. The number of carboxylic acids is 1. The van der Waals surface area contributed by atoms with Crippen molar-refractivity contribution >= 4 is 79.7 Å². The summed E-state index contributed by atoms with van der Waals surface area (Å²) < 4.78 is 8.32. The third-order valence-corrected chi connectivity index (χ3v) is 5.78. The molecule has 4 nitrogen and oxygen atoms in total. The number of hydrogen-bond donors (Lipinski definition) is 1. The Hall–Kier alpha value is 0.350. The summed E-state index contributed by atoms with van der Waals surface area (Å²) in [5.74, 6) is -1.94. The number of benzene rings is 1. The van der Waals surface area contributed by atoms with E-state index in [0.29, 0.717) is 18.6 Å². The Balaban J connectivity index is 2.19. The Labute approximate surface area is 163 Å². The summed E-state index contributed by atoms with van der Waals surface area (Å²) in [4.78, 5) is 23.7. The number of esters is 1. The summed E-state index contributed by atoms with van der Waals surface area (Å²) in [6.07, 6.45) is 2.88. The van der Waals surface area contributed by atoms with Gasteiger partial charge in [-0.05, 0) is 92.7 Å². The molecule has 0 bridgehead atoms. The molecule has 1 aromatic rings. The molecular formula is C14H13I3O4. The highest BCUT2D eigenvalue weighted by Gasteiger charge is 2.37. The van der Waals surface area contributed by atoms with Gasteiger partial charge in [0, 0.05) is 3.57 Å². The summed E-state index contributed by atoms with van der Waals surface area (Å²) >= 11 is 6.47. The number of ether oxygens (including phenoxy) is 1. The van der Waals surface area contributed by atoms with Gasteiger partial charge in [0.05, 0.1) is 19.0 Å². The maximum absolute atomic E-state index is 12.4. The number of hydrogen-bond acceptors (Lipinski definition) is 3. The van der Waals surface area contributed by atoms with Gasteiger partial charge < -0.3 is 9.84 Å². The Morgan fingerprint density at radius 1 is 1.05 bits per heavy atom.